The summed E-state index contributed by atoms with van der Waals surface area (Å²) in [5, 5.41) is 3.88. The van der Waals surface area contributed by atoms with Gasteiger partial charge in [0.1, 0.15) is 23.2 Å². The molecular formula is C23H25BrO2P+. The fourth-order valence-electron chi connectivity index (χ4n) is 3.37. The van der Waals surface area contributed by atoms with Gasteiger partial charge in [0.05, 0.1) is 19.2 Å². The van der Waals surface area contributed by atoms with Gasteiger partial charge in [-0.05, 0) is 43.3 Å². The van der Waals surface area contributed by atoms with Gasteiger partial charge in [0.15, 0.2) is 0 Å². The van der Waals surface area contributed by atoms with Crippen LogP contribution in [0.4, 0.5) is 0 Å². The van der Waals surface area contributed by atoms with E-state index in [4.69, 9.17) is 4.74 Å². The zero-order valence-electron chi connectivity index (χ0n) is 15.5. The third kappa shape index (κ3) is 4.86. The number of esters is 1. The van der Waals surface area contributed by atoms with Crippen LogP contribution in [0.25, 0.3) is 0 Å². The number of benzene rings is 3. The summed E-state index contributed by atoms with van der Waals surface area (Å²) in [6.07, 6.45) is 1.18. The molecule has 0 saturated heterocycles. The number of hydrogen-bond donors (Lipinski definition) is 0. The highest BCUT2D eigenvalue weighted by Gasteiger charge is 2.45. The second kappa shape index (κ2) is 10.4. The lowest BCUT2D eigenvalue weighted by atomic mass is 10.3. The molecule has 140 valence electrons. The summed E-state index contributed by atoms with van der Waals surface area (Å²) in [6, 6.07) is 31.8. The predicted octanol–water partition coefficient (Wildman–Crippen LogP) is 4.51. The zero-order chi connectivity index (χ0) is 18.2. The molecular weight excluding hydrogens is 419 g/mol. The second-order valence-corrected chi connectivity index (χ2v) is 9.71. The van der Waals surface area contributed by atoms with E-state index in [-0.39, 0.29) is 23.0 Å². The van der Waals surface area contributed by atoms with Crippen molar-refractivity contribution in [2.75, 3.05) is 12.8 Å². The van der Waals surface area contributed by atoms with Crippen LogP contribution in [0.5, 0.6) is 0 Å². The van der Waals surface area contributed by atoms with E-state index in [1.165, 1.54) is 15.9 Å². The lowest BCUT2D eigenvalue weighted by molar-refractivity contribution is -0.142. The summed E-state index contributed by atoms with van der Waals surface area (Å²) < 4.78 is 5.22. The van der Waals surface area contributed by atoms with E-state index < -0.39 is 7.26 Å². The van der Waals surface area contributed by atoms with Crippen LogP contribution in [0.2, 0.25) is 0 Å². The normalized spacial score (nSPS) is 10.7. The van der Waals surface area contributed by atoms with Gasteiger partial charge in [-0.15, -0.1) is 17.0 Å². The molecule has 0 aliphatic heterocycles. The van der Waals surface area contributed by atoms with E-state index in [0.717, 1.165) is 6.16 Å². The molecule has 0 atom stereocenters. The van der Waals surface area contributed by atoms with E-state index in [9.17, 15) is 4.79 Å². The van der Waals surface area contributed by atoms with Crippen LogP contribution in [0.3, 0.4) is 0 Å². The number of carbonyl (C=O) groups is 1. The molecule has 3 rings (SSSR count). The van der Waals surface area contributed by atoms with E-state index in [1.54, 1.807) is 0 Å². The van der Waals surface area contributed by atoms with Crippen LogP contribution < -0.4 is 15.9 Å². The molecule has 2 nitrogen and oxygen atoms in total. The minimum atomic E-state index is -1.93. The Balaban J connectivity index is 0.00000261. The topological polar surface area (TPSA) is 26.3 Å². The summed E-state index contributed by atoms with van der Waals surface area (Å²) in [5.41, 5.74) is 0. The Kier molecular flexibility index (Phi) is 8.22. The van der Waals surface area contributed by atoms with Crippen LogP contribution in [0.1, 0.15) is 13.3 Å². The highest BCUT2D eigenvalue weighted by Crippen LogP contribution is 2.55. The summed E-state index contributed by atoms with van der Waals surface area (Å²) in [6.45, 7) is 2.28. The van der Waals surface area contributed by atoms with Gasteiger partial charge >= 0.3 is 5.97 Å². The maximum atomic E-state index is 12.2. The average molecular weight is 444 g/mol. The van der Waals surface area contributed by atoms with E-state index in [1.807, 2.05) is 25.1 Å². The second-order valence-electron chi connectivity index (χ2n) is 6.10. The molecule has 0 unspecified atom stereocenters. The molecule has 0 heterocycles. The molecule has 3 aromatic rings. The molecule has 0 fully saturated rings. The van der Waals surface area contributed by atoms with Gasteiger partial charge in [-0.2, -0.15) is 0 Å². The molecule has 0 bridgehead atoms. The lowest BCUT2D eigenvalue weighted by Gasteiger charge is -2.27. The third-order valence-corrected chi connectivity index (χ3v) is 8.98. The first-order valence-corrected chi connectivity index (χ1v) is 11.0. The number of hydrogen-bond acceptors (Lipinski definition) is 2. The van der Waals surface area contributed by atoms with Gasteiger partial charge in [-0.25, -0.2) is 0 Å². The molecule has 27 heavy (non-hydrogen) atoms. The van der Waals surface area contributed by atoms with E-state index in [2.05, 4.69) is 72.8 Å². The zero-order valence-corrected chi connectivity index (χ0v) is 18.1. The first kappa shape index (κ1) is 21.3. The number of carbonyl (C=O) groups excluding carboxylic acids is 1. The quantitative estimate of drug-likeness (QED) is 0.396. The Morgan fingerprint density at radius 3 is 1.44 bits per heavy atom. The standard InChI is InChI=1S/C23H24O2P.BrH/c1-2-25-23(24)18-19-26(20-12-6-3-7-13-20,21-14-8-4-9-15-21)22-16-10-5-11-17-22;/h3-17H,2,18-19H2,1H3;1H/q+1;. The van der Waals surface area contributed by atoms with Crippen molar-refractivity contribution < 1.29 is 9.53 Å². The Labute approximate surface area is 172 Å². The highest BCUT2D eigenvalue weighted by molar-refractivity contribution is 8.93. The molecule has 0 spiro atoms. The Morgan fingerprint density at radius 2 is 1.11 bits per heavy atom. The molecule has 0 radical (unpaired) electrons. The SMILES string of the molecule is Br.CCOC(=O)CC[P+](c1ccccc1)(c1ccccc1)c1ccccc1. The van der Waals surface area contributed by atoms with Crippen LogP contribution in [-0.2, 0) is 9.53 Å². The number of ether oxygens (including phenoxy) is 1. The van der Waals surface area contributed by atoms with Crippen molar-refractivity contribution in [1.82, 2.24) is 0 Å². The highest BCUT2D eigenvalue weighted by atomic mass is 79.9. The minimum Gasteiger partial charge on any atom is -0.466 e. The Hall–Kier alpha value is -1.96. The Bertz CT molecular complexity index is 726. The summed E-state index contributed by atoms with van der Waals surface area (Å²) in [4.78, 5) is 12.2. The van der Waals surface area contributed by atoms with Crippen molar-refractivity contribution in [1.29, 1.82) is 0 Å². The molecule has 0 aliphatic rings. The monoisotopic (exact) mass is 443 g/mol. The van der Waals surface area contributed by atoms with Crippen LogP contribution in [0, 0.1) is 0 Å². The van der Waals surface area contributed by atoms with Crippen LogP contribution in [-0.4, -0.2) is 18.7 Å². The fourth-order valence-corrected chi connectivity index (χ4v) is 7.60. The summed E-state index contributed by atoms with van der Waals surface area (Å²) in [7, 11) is -1.93. The van der Waals surface area contributed by atoms with Crippen LogP contribution >= 0.6 is 24.2 Å². The largest absolute Gasteiger partial charge is 0.466 e. The van der Waals surface area contributed by atoms with Crippen molar-refractivity contribution in [2.24, 2.45) is 0 Å². The molecule has 0 amide bonds. The van der Waals surface area contributed by atoms with Gasteiger partial charge in [0, 0.05) is 0 Å². The third-order valence-electron chi connectivity index (χ3n) is 4.55. The van der Waals surface area contributed by atoms with E-state index >= 15 is 0 Å². The van der Waals surface area contributed by atoms with Crippen molar-refractivity contribution in [3.05, 3.63) is 91.0 Å². The molecule has 0 aliphatic carbocycles. The first-order chi connectivity index (χ1) is 12.8. The van der Waals surface area contributed by atoms with Gasteiger partial charge in [-0.1, -0.05) is 54.6 Å². The molecule has 0 saturated carbocycles. The smallest absolute Gasteiger partial charge is 0.309 e. The summed E-state index contributed by atoms with van der Waals surface area (Å²) in [5.74, 6) is -0.125. The van der Waals surface area contributed by atoms with Crippen molar-refractivity contribution >= 4 is 46.1 Å². The number of halogens is 1. The van der Waals surface area contributed by atoms with Crippen molar-refractivity contribution in [3.63, 3.8) is 0 Å². The first-order valence-electron chi connectivity index (χ1n) is 8.98. The van der Waals surface area contributed by atoms with Gasteiger partial charge in [0.2, 0.25) is 0 Å². The lowest BCUT2D eigenvalue weighted by Crippen LogP contribution is -2.34. The predicted molar refractivity (Wildman–Crippen MR) is 122 cm³/mol. The average Bonchev–Trinajstić information content (AvgIpc) is 2.71. The summed E-state index contributed by atoms with van der Waals surface area (Å²) >= 11 is 0. The molecule has 4 heteroatoms. The van der Waals surface area contributed by atoms with Gasteiger partial charge < -0.3 is 4.74 Å². The number of rotatable bonds is 7. The van der Waals surface area contributed by atoms with Crippen molar-refractivity contribution in [2.45, 2.75) is 13.3 Å². The molecule has 0 aromatic heterocycles. The maximum Gasteiger partial charge on any atom is 0.309 e. The molecule has 3 aromatic carbocycles. The van der Waals surface area contributed by atoms with Gasteiger partial charge in [-0.3, -0.25) is 4.79 Å². The van der Waals surface area contributed by atoms with Crippen molar-refractivity contribution in [3.8, 4) is 0 Å². The maximum absolute atomic E-state index is 12.2. The fraction of sp³-hybridized carbons (Fsp3) is 0.174. The van der Waals surface area contributed by atoms with Gasteiger partial charge in [0.25, 0.3) is 0 Å². The Morgan fingerprint density at radius 1 is 0.741 bits per heavy atom. The molecule has 0 N–H and O–H groups in total. The minimum absolute atomic E-state index is 0. The van der Waals surface area contributed by atoms with E-state index in [0.29, 0.717) is 13.0 Å². The van der Waals surface area contributed by atoms with Crippen LogP contribution in [0.15, 0.2) is 91.0 Å².